The maximum atomic E-state index is 8.72. The van der Waals surface area contributed by atoms with Crippen LogP contribution in [0.3, 0.4) is 0 Å². The Labute approximate surface area is 116 Å². The highest BCUT2D eigenvalue weighted by Gasteiger charge is 2.10. The molecule has 0 amide bonds. The van der Waals surface area contributed by atoms with Crippen LogP contribution in [0.4, 0.5) is 0 Å². The Kier molecular flexibility index (Phi) is 11.4. The first kappa shape index (κ1) is 16.9. The Morgan fingerprint density at radius 3 is 2.11 bits per heavy atom. The minimum atomic E-state index is 0.150. The summed E-state index contributed by atoms with van der Waals surface area (Å²) in [6.07, 6.45) is 5.39. The first-order valence-electron chi connectivity index (χ1n) is 7.39. The summed E-state index contributed by atoms with van der Waals surface area (Å²) in [4.78, 5) is 0. The van der Waals surface area contributed by atoms with Crippen molar-refractivity contribution in [3.8, 4) is 0 Å². The SMILES string of the molecule is OCCCCCCC1COCCOCCOCCO1. The zero-order chi connectivity index (χ0) is 13.6. The fourth-order valence-corrected chi connectivity index (χ4v) is 1.98. The van der Waals surface area contributed by atoms with Crippen molar-refractivity contribution < 1.29 is 24.1 Å². The Hall–Kier alpha value is -0.200. The fraction of sp³-hybridized carbons (Fsp3) is 1.00. The van der Waals surface area contributed by atoms with Gasteiger partial charge in [-0.1, -0.05) is 19.3 Å². The highest BCUT2D eigenvalue weighted by Crippen LogP contribution is 2.09. The normalized spacial score (nSPS) is 23.5. The minimum Gasteiger partial charge on any atom is -0.396 e. The maximum Gasteiger partial charge on any atom is 0.0809 e. The molecule has 1 N–H and O–H groups in total. The predicted molar refractivity (Wildman–Crippen MR) is 72.4 cm³/mol. The van der Waals surface area contributed by atoms with Gasteiger partial charge in [0.25, 0.3) is 0 Å². The lowest BCUT2D eigenvalue weighted by Crippen LogP contribution is -2.24. The molecule has 0 aromatic heterocycles. The standard InChI is InChI=1S/C14H28O5/c15-6-4-2-1-3-5-14-13-18-10-9-16-7-8-17-11-12-19-14/h14-15H,1-13H2. The van der Waals surface area contributed by atoms with Crippen molar-refractivity contribution >= 4 is 0 Å². The van der Waals surface area contributed by atoms with Gasteiger partial charge in [-0.2, -0.15) is 0 Å². The van der Waals surface area contributed by atoms with Gasteiger partial charge in [-0.05, 0) is 12.8 Å². The van der Waals surface area contributed by atoms with Gasteiger partial charge >= 0.3 is 0 Å². The third-order valence-electron chi connectivity index (χ3n) is 3.06. The molecule has 1 unspecified atom stereocenters. The molecule has 19 heavy (non-hydrogen) atoms. The number of aliphatic hydroxyl groups is 1. The molecule has 114 valence electrons. The molecule has 0 saturated carbocycles. The van der Waals surface area contributed by atoms with E-state index in [1.54, 1.807) is 0 Å². The van der Waals surface area contributed by atoms with Crippen LogP contribution >= 0.6 is 0 Å². The molecule has 1 fully saturated rings. The van der Waals surface area contributed by atoms with Crippen LogP contribution in [-0.4, -0.2) is 64.1 Å². The van der Waals surface area contributed by atoms with Crippen LogP contribution in [-0.2, 0) is 18.9 Å². The average Bonchev–Trinajstić information content (AvgIpc) is 2.41. The summed E-state index contributed by atoms with van der Waals surface area (Å²) >= 11 is 0. The Morgan fingerprint density at radius 1 is 0.737 bits per heavy atom. The molecule has 5 nitrogen and oxygen atoms in total. The number of ether oxygens (including phenoxy) is 4. The summed E-state index contributed by atoms with van der Waals surface area (Å²) in [5.41, 5.74) is 0. The third kappa shape index (κ3) is 10.3. The molecule has 0 aliphatic carbocycles. The molecule has 0 aromatic rings. The van der Waals surface area contributed by atoms with Crippen molar-refractivity contribution in [2.24, 2.45) is 0 Å². The zero-order valence-electron chi connectivity index (χ0n) is 11.8. The number of rotatable bonds is 6. The van der Waals surface area contributed by atoms with Crippen molar-refractivity contribution in [3.05, 3.63) is 0 Å². The smallest absolute Gasteiger partial charge is 0.0809 e. The summed E-state index contributed by atoms with van der Waals surface area (Å²) in [7, 11) is 0. The summed E-state index contributed by atoms with van der Waals surface area (Å²) in [5.74, 6) is 0. The molecule has 1 aliphatic rings. The van der Waals surface area contributed by atoms with Crippen LogP contribution in [0, 0.1) is 0 Å². The first-order chi connectivity index (χ1) is 9.43. The number of unbranched alkanes of at least 4 members (excludes halogenated alkanes) is 3. The molecule has 5 heteroatoms. The van der Waals surface area contributed by atoms with E-state index in [9.17, 15) is 0 Å². The zero-order valence-corrected chi connectivity index (χ0v) is 11.8. The van der Waals surface area contributed by atoms with E-state index in [0.717, 1.165) is 32.1 Å². The second-order valence-corrected chi connectivity index (χ2v) is 4.72. The Morgan fingerprint density at radius 2 is 1.37 bits per heavy atom. The van der Waals surface area contributed by atoms with Crippen LogP contribution in [0.25, 0.3) is 0 Å². The first-order valence-corrected chi connectivity index (χ1v) is 7.39. The molecule has 1 atom stereocenters. The van der Waals surface area contributed by atoms with Gasteiger partial charge in [0.15, 0.2) is 0 Å². The molecular formula is C14H28O5. The van der Waals surface area contributed by atoms with E-state index in [2.05, 4.69) is 0 Å². The average molecular weight is 276 g/mol. The predicted octanol–water partition coefficient (Wildman–Crippen LogP) is 1.38. The van der Waals surface area contributed by atoms with Crippen LogP contribution in [0.1, 0.15) is 32.1 Å². The van der Waals surface area contributed by atoms with Crippen LogP contribution in [0.5, 0.6) is 0 Å². The summed E-state index contributed by atoms with van der Waals surface area (Å²) in [6, 6.07) is 0. The van der Waals surface area contributed by atoms with E-state index in [0.29, 0.717) is 52.9 Å². The summed E-state index contributed by atoms with van der Waals surface area (Å²) < 4.78 is 22.1. The van der Waals surface area contributed by atoms with Crippen LogP contribution < -0.4 is 0 Å². The Bertz CT molecular complexity index is 177. The topological polar surface area (TPSA) is 57.2 Å². The fourth-order valence-electron chi connectivity index (χ4n) is 1.98. The van der Waals surface area contributed by atoms with E-state index < -0.39 is 0 Å². The highest BCUT2D eigenvalue weighted by atomic mass is 16.6. The molecule has 0 bridgehead atoms. The highest BCUT2D eigenvalue weighted by molar-refractivity contribution is 4.58. The van der Waals surface area contributed by atoms with Crippen molar-refractivity contribution in [3.63, 3.8) is 0 Å². The number of hydrogen-bond donors (Lipinski definition) is 1. The van der Waals surface area contributed by atoms with Gasteiger partial charge in [-0.15, -0.1) is 0 Å². The van der Waals surface area contributed by atoms with Crippen molar-refractivity contribution in [2.75, 3.05) is 52.9 Å². The lowest BCUT2D eigenvalue weighted by Gasteiger charge is -2.19. The van der Waals surface area contributed by atoms with Gasteiger partial charge in [0.2, 0.25) is 0 Å². The summed E-state index contributed by atoms with van der Waals surface area (Å²) in [6.45, 7) is 4.63. The van der Waals surface area contributed by atoms with E-state index in [1.165, 1.54) is 0 Å². The minimum absolute atomic E-state index is 0.150. The Balaban J connectivity index is 2.11. The van der Waals surface area contributed by atoms with Crippen LogP contribution in [0.15, 0.2) is 0 Å². The molecule has 0 aromatic carbocycles. The molecule has 1 rings (SSSR count). The van der Waals surface area contributed by atoms with Gasteiger partial charge in [0, 0.05) is 6.61 Å². The lowest BCUT2D eigenvalue weighted by atomic mass is 10.1. The second kappa shape index (κ2) is 12.8. The molecule has 0 radical (unpaired) electrons. The number of hydrogen-bond acceptors (Lipinski definition) is 5. The molecule has 1 aliphatic heterocycles. The van der Waals surface area contributed by atoms with Crippen molar-refractivity contribution in [1.29, 1.82) is 0 Å². The van der Waals surface area contributed by atoms with E-state index in [1.807, 2.05) is 0 Å². The second-order valence-electron chi connectivity index (χ2n) is 4.72. The van der Waals surface area contributed by atoms with Gasteiger partial charge in [-0.25, -0.2) is 0 Å². The van der Waals surface area contributed by atoms with E-state index in [4.69, 9.17) is 24.1 Å². The monoisotopic (exact) mass is 276 g/mol. The van der Waals surface area contributed by atoms with Gasteiger partial charge in [0.1, 0.15) is 0 Å². The maximum absolute atomic E-state index is 8.72. The van der Waals surface area contributed by atoms with E-state index in [-0.39, 0.29) is 6.10 Å². The third-order valence-corrected chi connectivity index (χ3v) is 3.06. The lowest BCUT2D eigenvalue weighted by molar-refractivity contribution is -0.0690. The van der Waals surface area contributed by atoms with Crippen LogP contribution in [0.2, 0.25) is 0 Å². The summed E-state index contributed by atoms with van der Waals surface area (Å²) in [5, 5.41) is 8.72. The molecular weight excluding hydrogens is 248 g/mol. The van der Waals surface area contributed by atoms with Gasteiger partial charge in [-0.3, -0.25) is 0 Å². The van der Waals surface area contributed by atoms with Crippen molar-refractivity contribution in [2.45, 2.75) is 38.2 Å². The molecule has 1 saturated heterocycles. The van der Waals surface area contributed by atoms with Crippen molar-refractivity contribution in [1.82, 2.24) is 0 Å². The van der Waals surface area contributed by atoms with Gasteiger partial charge in [0.05, 0.1) is 52.4 Å². The van der Waals surface area contributed by atoms with Gasteiger partial charge < -0.3 is 24.1 Å². The molecule has 1 heterocycles. The largest absolute Gasteiger partial charge is 0.396 e. The molecule has 0 spiro atoms. The van der Waals surface area contributed by atoms with E-state index >= 15 is 0 Å². The quantitative estimate of drug-likeness (QED) is 0.743. The number of aliphatic hydroxyl groups excluding tert-OH is 1.